The molecule has 0 aliphatic carbocycles. The molecule has 1 heterocycles. The number of carbonyl (C=O) groups excluding carboxylic acids is 1. The van der Waals surface area contributed by atoms with Crippen molar-refractivity contribution in [1.29, 1.82) is 0 Å². The number of alkyl halides is 4. The number of ether oxygens (including phenoxy) is 2. The molecule has 0 saturated heterocycles. The molecular weight excluding hydrogens is 475 g/mol. The third-order valence-electron chi connectivity index (χ3n) is 4.35. The number of aromatic nitrogens is 1. The highest BCUT2D eigenvalue weighted by atomic mass is 79.9. The maximum Gasteiger partial charge on any atom is 0.416 e. The number of fused-ring (bicyclic) bond motifs is 1. The van der Waals surface area contributed by atoms with E-state index < -0.39 is 17.7 Å². The Hall–Kier alpha value is -2.32. The molecule has 3 aromatic rings. The van der Waals surface area contributed by atoms with Gasteiger partial charge in [0.2, 0.25) is 0 Å². The van der Waals surface area contributed by atoms with Crippen LogP contribution >= 0.6 is 27.5 Å². The number of hydrogen-bond donors (Lipinski definition) is 0. The molecule has 0 N–H and O–H groups in total. The van der Waals surface area contributed by atoms with Crippen molar-refractivity contribution >= 4 is 44.4 Å². The van der Waals surface area contributed by atoms with E-state index in [1.165, 1.54) is 32.4 Å². The van der Waals surface area contributed by atoms with E-state index in [4.69, 9.17) is 21.1 Å². The van der Waals surface area contributed by atoms with Gasteiger partial charge in [0.15, 0.2) is 0 Å². The SMILES string of the molecule is COC(=O)c1c(CBr)c(-c2cccc(C(F)(F)F)c2)nc2cc(Cl)c(OC)cc12. The van der Waals surface area contributed by atoms with Crippen LogP contribution < -0.4 is 4.74 Å². The molecule has 0 aliphatic rings. The van der Waals surface area contributed by atoms with Crippen molar-refractivity contribution in [2.24, 2.45) is 0 Å². The molecule has 29 heavy (non-hydrogen) atoms. The van der Waals surface area contributed by atoms with Crippen molar-refractivity contribution in [3.63, 3.8) is 0 Å². The lowest BCUT2D eigenvalue weighted by molar-refractivity contribution is -0.137. The summed E-state index contributed by atoms with van der Waals surface area (Å²) in [6, 6.07) is 7.81. The molecule has 152 valence electrons. The largest absolute Gasteiger partial charge is 0.495 e. The lowest BCUT2D eigenvalue weighted by Gasteiger charge is -2.16. The van der Waals surface area contributed by atoms with Crippen LogP contribution in [-0.4, -0.2) is 25.2 Å². The molecule has 1 aromatic heterocycles. The molecule has 0 amide bonds. The van der Waals surface area contributed by atoms with Gasteiger partial charge in [-0.2, -0.15) is 13.2 Å². The van der Waals surface area contributed by atoms with Crippen LogP contribution in [-0.2, 0) is 16.2 Å². The summed E-state index contributed by atoms with van der Waals surface area (Å²) in [4.78, 5) is 17.1. The number of pyridine rings is 1. The van der Waals surface area contributed by atoms with Crippen LogP contribution in [0.3, 0.4) is 0 Å². The summed E-state index contributed by atoms with van der Waals surface area (Å²) in [6.45, 7) is 0. The van der Waals surface area contributed by atoms with Gasteiger partial charge in [-0.1, -0.05) is 39.7 Å². The van der Waals surface area contributed by atoms with E-state index in [0.29, 0.717) is 22.2 Å². The highest BCUT2D eigenvalue weighted by Gasteiger charge is 2.31. The first kappa shape index (κ1) is 21.4. The number of rotatable bonds is 4. The maximum atomic E-state index is 13.2. The van der Waals surface area contributed by atoms with Crippen molar-refractivity contribution in [3.8, 4) is 17.0 Å². The zero-order chi connectivity index (χ0) is 21.3. The van der Waals surface area contributed by atoms with E-state index in [1.807, 2.05) is 0 Å². The first-order valence-corrected chi connectivity index (χ1v) is 9.73. The number of esters is 1. The second kappa shape index (κ2) is 8.20. The average Bonchev–Trinajstić information content (AvgIpc) is 2.70. The molecule has 4 nitrogen and oxygen atoms in total. The third-order valence-corrected chi connectivity index (χ3v) is 5.20. The predicted octanol–water partition coefficient (Wildman–Crippen LogP) is 6.26. The van der Waals surface area contributed by atoms with Gasteiger partial charge in [-0.3, -0.25) is 0 Å². The molecule has 0 bridgehead atoms. The topological polar surface area (TPSA) is 48.4 Å². The first-order valence-electron chi connectivity index (χ1n) is 8.23. The predicted molar refractivity (Wildman–Crippen MR) is 108 cm³/mol. The maximum absolute atomic E-state index is 13.2. The summed E-state index contributed by atoms with van der Waals surface area (Å²) in [5.74, 6) is -0.317. The second-order valence-electron chi connectivity index (χ2n) is 6.02. The van der Waals surface area contributed by atoms with Gasteiger partial charge in [0.1, 0.15) is 5.75 Å². The molecule has 0 aliphatic heterocycles. The summed E-state index contributed by atoms with van der Waals surface area (Å²) in [5.41, 5.74) is 0.526. The Morgan fingerprint density at radius 1 is 1.21 bits per heavy atom. The standard InChI is InChI=1S/C20H14BrClF3NO3/c1-28-16-7-12-15(8-14(16)22)26-18(13(9-21)17(12)19(27)29-2)10-4-3-5-11(6-10)20(23,24)25/h3-8H,9H2,1-2H3. The molecule has 0 spiro atoms. The number of benzene rings is 2. The van der Waals surface area contributed by atoms with Crippen molar-refractivity contribution in [3.05, 3.63) is 58.1 Å². The number of nitrogens with zero attached hydrogens (tertiary/aromatic N) is 1. The molecular formula is C20H14BrClF3NO3. The Morgan fingerprint density at radius 3 is 2.52 bits per heavy atom. The average molecular weight is 489 g/mol. The number of halogens is 5. The molecule has 0 atom stereocenters. The fourth-order valence-corrected chi connectivity index (χ4v) is 3.79. The fourth-order valence-electron chi connectivity index (χ4n) is 3.01. The van der Waals surface area contributed by atoms with Crippen LogP contribution in [0.4, 0.5) is 13.2 Å². The summed E-state index contributed by atoms with van der Waals surface area (Å²) in [5, 5.41) is 0.838. The van der Waals surface area contributed by atoms with Crippen molar-refractivity contribution in [2.75, 3.05) is 14.2 Å². The monoisotopic (exact) mass is 487 g/mol. The summed E-state index contributed by atoms with van der Waals surface area (Å²) >= 11 is 9.51. The minimum absolute atomic E-state index is 0.164. The van der Waals surface area contributed by atoms with E-state index in [0.717, 1.165) is 12.1 Å². The molecule has 0 saturated carbocycles. The zero-order valence-corrected chi connectivity index (χ0v) is 17.6. The minimum Gasteiger partial charge on any atom is -0.495 e. The van der Waals surface area contributed by atoms with Crippen molar-refractivity contribution in [1.82, 2.24) is 4.98 Å². The van der Waals surface area contributed by atoms with Crippen LogP contribution in [0.25, 0.3) is 22.2 Å². The molecule has 0 radical (unpaired) electrons. The number of hydrogen-bond acceptors (Lipinski definition) is 4. The van der Waals surface area contributed by atoms with Crippen LogP contribution in [0, 0.1) is 0 Å². The van der Waals surface area contributed by atoms with Gasteiger partial charge in [0, 0.05) is 21.8 Å². The second-order valence-corrected chi connectivity index (χ2v) is 6.99. The molecule has 0 unspecified atom stereocenters. The Labute approximate surface area is 177 Å². The van der Waals surface area contributed by atoms with Gasteiger partial charge in [0.05, 0.1) is 41.6 Å². The molecule has 2 aromatic carbocycles. The van der Waals surface area contributed by atoms with Crippen molar-refractivity contribution < 1.29 is 27.4 Å². The summed E-state index contributed by atoms with van der Waals surface area (Å²) in [7, 11) is 2.66. The van der Waals surface area contributed by atoms with Gasteiger partial charge in [0.25, 0.3) is 0 Å². The summed E-state index contributed by atoms with van der Waals surface area (Å²) < 4.78 is 49.7. The first-order chi connectivity index (χ1) is 13.7. The number of carbonyl (C=O) groups is 1. The van der Waals surface area contributed by atoms with E-state index >= 15 is 0 Å². The van der Waals surface area contributed by atoms with E-state index in [2.05, 4.69) is 20.9 Å². The van der Waals surface area contributed by atoms with Gasteiger partial charge in [-0.15, -0.1) is 0 Å². The molecule has 0 fully saturated rings. The van der Waals surface area contributed by atoms with Crippen LogP contribution in [0.5, 0.6) is 5.75 Å². The minimum atomic E-state index is -4.51. The lowest BCUT2D eigenvalue weighted by Crippen LogP contribution is -2.10. The molecule has 3 rings (SSSR count). The Balaban J connectivity index is 2.41. The smallest absolute Gasteiger partial charge is 0.416 e. The Morgan fingerprint density at radius 2 is 1.93 bits per heavy atom. The normalized spacial score (nSPS) is 11.6. The molecule has 9 heteroatoms. The fraction of sp³-hybridized carbons (Fsp3) is 0.200. The highest BCUT2D eigenvalue weighted by molar-refractivity contribution is 9.08. The van der Waals surface area contributed by atoms with E-state index in [9.17, 15) is 18.0 Å². The van der Waals surface area contributed by atoms with E-state index in [1.54, 1.807) is 6.07 Å². The van der Waals surface area contributed by atoms with Gasteiger partial charge >= 0.3 is 12.1 Å². The Bertz CT molecular complexity index is 1100. The highest BCUT2D eigenvalue weighted by Crippen LogP contribution is 2.38. The quantitative estimate of drug-likeness (QED) is 0.321. The van der Waals surface area contributed by atoms with E-state index in [-0.39, 0.29) is 27.2 Å². The Kier molecular flexibility index (Phi) is 6.05. The zero-order valence-electron chi connectivity index (χ0n) is 15.2. The van der Waals surface area contributed by atoms with Gasteiger partial charge in [-0.25, -0.2) is 9.78 Å². The lowest BCUT2D eigenvalue weighted by atomic mass is 9.96. The van der Waals surface area contributed by atoms with Gasteiger partial charge < -0.3 is 9.47 Å². The van der Waals surface area contributed by atoms with Crippen LogP contribution in [0.2, 0.25) is 5.02 Å². The van der Waals surface area contributed by atoms with Crippen LogP contribution in [0.1, 0.15) is 21.5 Å². The third kappa shape index (κ3) is 4.04. The van der Waals surface area contributed by atoms with Crippen molar-refractivity contribution in [2.45, 2.75) is 11.5 Å². The van der Waals surface area contributed by atoms with Gasteiger partial charge in [-0.05, 0) is 24.3 Å². The number of methoxy groups -OCH3 is 2. The van der Waals surface area contributed by atoms with Crippen LogP contribution in [0.15, 0.2) is 36.4 Å². The summed E-state index contributed by atoms with van der Waals surface area (Å²) in [6.07, 6.45) is -4.51.